The van der Waals surface area contributed by atoms with Crippen molar-refractivity contribution in [2.75, 3.05) is 20.3 Å². The molecule has 0 radical (unpaired) electrons. The van der Waals surface area contributed by atoms with Crippen molar-refractivity contribution in [1.82, 2.24) is 0 Å². The number of hydrogen-bond acceptors (Lipinski definition) is 4. The fourth-order valence-electron chi connectivity index (χ4n) is 2.07. The van der Waals surface area contributed by atoms with Crippen molar-refractivity contribution in [3.63, 3.8) is 0 Å². The van der Waals surface area contributed by atoms with Gasteiger partial charge >= 0.3 is 0 Å². The van der Waals surface area contributed by atoms with Crippen LogP contribution in [0.5, 0.6) is 11.5 Å². The molecule has 0 amide bonds. The molecule has 0 unspecified atom stereocenters. The number of rotatable bonds is 9. The summed E-state index contributed by atoms with van der Waals surface area (Å²) >= 11 is 0. The molecule has 128 valence electrons. The van der Waals surface area contributed by atoms with Crippen LogP contribution < -0.4 is 9.47 Å². The molecule has 0 aliphatic heterocycles. The normalized spacial score (nSPS) is 13.1. The second-order valence-corrected chi connectivity index (χ2v) is 5.75. The Balaban J connectivity index is 1.90. The van der Waals surface area contributed by atoms with Crippen molar-refractivity contribution in [1.29, 1.82) is 0 Å². The van der Waals surface area contributed by atoms with Gasteiger partial charge in [0.1, 0.15) is 23.7 Å². The molecule has 0 saturated carbocycles. The molecular weight excluding hydrogens is 304 g/mol. The van der Waals surface area contributed by atoms with Crippen LogP contribution in [0.15, 0.2) is 66.7 Å². The molecule has 2 aromatic rings. The Kier molecular flexibility index (Phi) is 6.41. The highest BCUT2D eigenvalue weighted by atomic mass is 16.5. The van der Waals surface area contributed by atoms with Crippen molar-refractivity contribution >= 4 is 0 Å². The van der Waals surface area contributed by atoms with E-state index in [1.54, 1.807) is 38.3 Å². The first kappa shape index (κ1) is 18.0. The number of aliphatic hydroxyl groups is 1. The smallest absolute Gasteiger partial charge is 0.142 e. The summed E-state index contributed by atoms with van der Waals surface area (Å²) in [5.41, 5.74) is 0.413. The highest BCUT2D eigenvalue weighted by molar-refractivity contribution is 5.31. The first-order valence-electron chi connectivity index (χ1n) is 7.80. The van der Waals surface area contributed by atoms with E-state index in [0.29, 0.717) is 17.9 Å². The second kappa shape index (κ2) is 8.52. The van der Waals surface area contributed by atoms with Gasteiger partial charge in [-0.1, -0.05) is 36.9 Å². The van der Waals surface area contributed by atoms with Crippen molar-refractivity contribution in [2.24, 2.45) is 0 Å². The molecule has 0 heterocycles. The Morgan fingerprint density at radius 1 is 1.00 bits per heavy atom. The maximum absolute atomic E-state index is 10.8. The van der Waals surface area contributed by atoms with E-state index >= 15 is 0 Å². The number of methoxy groups -OCH3 is 1. The van der Waals surface area contributed by atoms with Gasteiger partial charge in [-0.05, 0) is 42.3 Å². The highest BCUT2D eigenvalue weighted by Crippen LogP contribution is 2.21. The summed E-state index contributed by atoms with van der Waals surface area (Å²) in [5.74, 6) is 1.40. The summed E-state index contributed by atoms with van der Waals surface area (Å²) in [4.78, 5) is 0. The minimum absolute atomic E-state index is 0.0729. The molecule has 24 heavy (non-hydrogen) atoms. The first-order chi connectivity index (χ1) is 11.5. The molecule has 2 rings (SSSR count). The van der Waals surface area contributed by atoms with Gasteiger partial charge in [0, 0.05) is 0 Å². The van der Waals surface area contributed by atoms with Crippen LogP contribution in [-0.2, 0) is 11.3 Å². The van der Waals surface area contributed by atoms with Gasteiger partial charge in [0.25, 0.3) is 0 Å². The van der Waals surface area contributed by atoms with Crippen LogP contribution in [0.25, 0.3) is 0 Å². The fourth-order valence-corrected chi connectivity index (χ4v) is 2.07. The third-order valence-electron chi connectivity index (χ3n) is 3.78. The average Bonchev–Trinajstić information content (AvgIpc) is 2.61. The Bertz CT molecular complexity index is 636. The fraction of sp³-hybridized carbons (Fsp3) is 0.300. The molecule has 0 aromatic heterocycles. The molecule has 0 aliphatic rings. The van der Waals surface area contributed by atoms with E-state index in [1.807, 2.05) is 30.3 Å². The maximum atomic E-state index is 10.8. The Morgan fingerprint density at radius 2 is 1.62 bits per heavy atom. The molecule has 1 atom stereocenters. The zero-order valence-electron chi connectivity index (χ0n) is 14.2. The van der Waals surface area contributed by atoms with Crippen molar-refractivity contribution in [3.05, 3.63) is 72.3 Å². The maximum Gasteiger partial charge on any atom is 0.142 e. The van der Waals surface area contributed by atoms with Crippen molar-refractivity contribution in [3.8, 4) is 11.5 Å². The Hall–Kier alpha value is -2.30. The van der Waals surface area contributed by atoms with Crippen LogP contribution in [0.2, 0.25) is 0 Å². The van der Waals surface area contributed by atoms with Gasteiger partial charge in [-0.2, -0.15) is 0 Å². The quantitative estimate of drug-likeness (QED) is 0.715. The molecule has 0 fully saturated rings. The topological polar surface area (TPSA) is 47.9 Å². The summed E-state index contributed by atoms with van der Waals surface area (Å²) < 4.78 is 16.5. The van der Waals surface area contributed by atoms with Gasteiger partial charge in [-0.15, -0.1) is 0 Å². The van der Waals surface area contributed by atoms with Crippen LogP contribution in [0.1, 0.15) is 12.5 Å². The predicted molar refractivity (Wildman–Crippen MR) is 94.4 cm³/mol. The lowest BCUT2D eigenvalue weighted by molar-refractivity contribution is -0.0514. The van der Waals surface area contributed by atoms with Crippen molar-refractivity contribution in [2.45, 2.75) is 19.1 Å². The van der Waals surface area contributed by atoms with Crippen LogP contribution >= 0.6 is 0 Å². The lowest BCUT2D eigenvalue weighted by Crippen LogP contribution is -2.41. The third-order valence-corrected chi connectivity index (χ3v) is 3.78. The SMILES string of the molecule is C=C(C)[C@@](O)(COCc1ccccc1)COc1ccc(OC)cc1. The van der Waals surface area contributed by atoms with Crippen molar-refractivity contribution < 1.29 is 19.3 Å². The second-order valence-electron chi connectivity index (χ2n) is 5.75. The molecule has 0 spiro atoms. The standard InChI is InChI=1S/C20H24O4/c1-16(2)20(21,14-23-13-17-7-5-4-6-8-17)15-24-19-11-9-18(22-3)10-12-19/h4-12,21H,1,13-15H2,2-3H3/t20-/m1/s1. The number of benzene rings is 2. The summed E-state index contributed by atoms with van der Waals surface area (Å²) in [6, 6.07) is 17.0. The zero-order chi connectivity index (χ0) is 17.4. The molecule has 0 aliphatic carbocycles. The summed E-state index contributed by atoms with van der Waals surface area (Å²) in [6.07, 6.45) is 0. The van der Waals surface area contributed by atoms with E-state index in [9.17, 15) is 5.11 Å². The summed E-state index contributed by atoms with van der Waals surface area (Å²) in [7, 11) is 1.61. The van der Waals surface area contributed by atoms with E-state index in [1.165, 1.54) is 0 Å². The summed E-state index contributed by atoms with van der Waals surface area (Å²) in [5, 5.41) is 10.8. The number of ether oxygens (including phenoxy) is 3. The van der Waals surface area contributed by atoms with E-state index in [0.717, 1.165) is 11.3 Å². The van der Waals surface area contributed by atoms with Gasteiger partial charge < -0.3 is 19.3 Å². The van der Waals surface area contributed by atoms with E-state index < -0.39 is 5.60 Å². The average molecular weight is 328 g/mol. The molecule has 1 N–H and O–H groups in total. The monoisotopic (exact) mass is 328 g/mol. The Morgan fingerprint density at radius 3 is 2.21 bits per heavy atom. The van der Waals surface area contributed by atoms with Gasteiger partial charge in [-0.25, -0.2) is 0 Å². The molecule has 4 nitrogen and oxygen atoms in total. The van der Waals surface area contributed by atoms with Crippen LogP contribution in [-0.4, -0.2) is 31.0 Å². The molecule has 2 aromatic carbocycles. The van der Waals surface area contributed by atoms with E-state index in [4.69, 9.17) is 14.2 Å². The molecule has 0 saturated heterocycles. The minimum Gasteiger partial charge on any atom is -0.497 e. The van der Waals surface area contributed by atoms with Gasteiger partial charge in [-0.3, -0.25) is 0 Å². The molecule has 0 bridgehead atoms. The molecule has 4 heteroatoms. The van der Waals surface area contributed by atoms with E-state index in [-0.39, 0.29) is 13.2 Å². The number of hydrogen-bond donors (Lipinski definition) is 1. The summed E-state index contributed by atoms with van der Waals surface area (Å²) in [6.45, 7) is 6.25. The van der Waals surface area contributed by atoms with Crippen LogP contribution in [0, 0.1) is 0 Å². The van der Waals surface area contributed by atoms with E-state index in [2.05, 4.69) is 6.58 Å². The lowest BCUT2D eigenvalue weighted by atomic mass is 9.98. The largest absolute Gasteiger partial charge is 0.497 e. The minimum atomic E-state index is -1.24. The van der Waals surface area contributed by atoms with Gasteiger partial charge in [0.15, 0.2) is 0 Å². The first-order valence-corrected chi connectivity index (χ1v) is 7.80. The Labute approximate surface area is 143 Å². The third kappa shape index (κ3) is 5.11. The predicted octanol–water partition coefficient (Wildman–Crippen LogP) is 3.60. The highest BCUT2D eigenvalue weighted by Gasteiger charge is 2.29. The van der Waals surface area contributed by atoms with Crippen LogP contribution in [0.4, 0.5) is 0 Å². The van der Waals surface area contributed by atoms with Gasteiger partial charge in [0.05, 0.1) is 20.3 Å². The lowest BCUT2D eigenvalue weighted by Gasteiger charge is -2.28. The van der Waals surface area contributed by atoms with Crippen LogP contribution in [0.3, 0.4) is 0 Å². The van der Waals surface area contributed by atoms with Gasteiger partial charge in [0.2, 0.25) is 0 Å². The zero-order valence-corrected chi connectivity index (χ0v) is 14.2. The molecular formula is C20H24O4.